The van der Waals surface area contributed by atoms with Crippen molar-refractivity contribution in [3.05, 3.63) is 23.8 Å². The zero-order chi connectivity index (χ0) is 16.5. The predicted molar refractivity (Wildman–Crippen MR) is 90.7 cm³/mol. The van der Waals surface area contributed by atoms with Crippen molar-refractivity contribution in [1.29, 1.82) is 0 Å². The molecule has 23 heavy (non-hydrogen) atoms. The molecule has 1 aromatic carbocycles. The van der Waals surface area contributed by atoms with Crippen LogP contribution < -0.4 is 20.1 Å². The zero-order valence-electron chi connectivity index (χ0n) is 13.8. The summed E-state index contributed by atoms with van der Waals surface area (Å²) in [5, 5.41) is 5.46. The van der Waals surface area contributed by atoms with Gasteiger partial charge in [-0.15, -0.1) is 12.4 Å². The molecule has 0 saturated carbocycles. The van der Waals surface area contributed by atoms with Crippen LogP contribution in [0.2, 0.25) is 0 Å². The largest absolute Gasteiger partial charge is 0.493 e. The summed E-state index contributed by atoms with van der Waals surface area (Å²) >= 11 is 0. The topological polar surface area (TPSA) is 79.9 Å². The van der Waals surface area contributed by atoms with Gasteiger partial charge in [0.1, 0.15) is 0 Å². The van der Waals surface area contributed by atoms with E-state index < -0.39 is 0 Å². The van der Waals surface area contributed by atoms with Crippen molar-refractivity contribution in [2.45, 2.75) is 0 Å². The molecule has 0 radical (unpaired) electrons. The van der Waals surface area contributed by atoms with E-state index in [9.17, 15) is 9.59 Å². The van der Waals surface area contributed by atoms with Crippen molar-refractivity contribution in [3.8, 4) is 11.5 Å². The minimum absolute atomic E-state index is 0. The van der Waals surface area contributed by atoms with E-state index in [0.29, 0.717) is 30.2 Å². The lowest BCUT2D eigenvalue weighted by Gasteiger charge is -2.18. The van der Waals surface area contributed by atoms with Gasteiger partial charge in [-0.2, -0.15) is 0 Å². The molecule has 0 aliphatic carbocycles. The lowest BCUT2D eigenvalue weighted by Crippen LogP contribution is -2.32. The highest BCUT2D eigenvalue weighted by atomic mass is 35.5. The van der Waals surface area contributed by atoms with E-state index in [2.05, 4.69) is 10.6 Å². The summed E-state index contributed by atoms with van der Waals surface area (Å²) in [6, 6.07) is 4.89. The maximum atomic E-state index is 12.3. The minimum Gasteiger partial charge on any atom is -0.493 e. The van der Waals surface area contributed by atoms with E-state index in [0.717, 1.165) is 0 Å². The van der Waals surface area contributed by atoms with Gasteiger partial charge in [0.2, 0.25) is 0 Å². The number of likely N-dealkylation sites (N-methyl/N-ethyl adjacent to an activating group) is 3. The quantitative estimate of drug-likeness (QED) is 0.718. The summed E-state index contributed by atoms with van der Waals surface area (Å²) in [5.74, 6) is 0.484. The molecule has 7 nitrogen and oxygen atoms in total. The van der Waals surface area contributed by atoms with Gasteiger partial charge in [0.05, 0.1) is 7.11 Å². The van der Waals surface area contributed by atoms with E-state index in [1.807, 2.05) is 7.05 Å². The monoisotopic (exact) mass is 345 g/mol. The summed E-state index contributed by atoms with van der Waals surface area (Å²) in [4.78, 5) is 25.1. The summed E-state index contributed by atoms with van der Waals surface area (Å²) < 4.78 is 10.6. The lowest BCUT2D eigenvalue weighted by atomic mass is 10.1. The highest BCUT2D eigenvalue weighted by Gasteiger charge is 2.15. The molecule has 0 bridgehead atoms. The fourth-order valence-electron chi connectivity index (χ4n) is 1.74. The molecule has 0 heterocycles. The van der Waals surface area contributed by atoms with E-state index >= 15 is 0 Å². The number of ether oxygens (including phenoxy) is 2. The second kappa shape index (κ2) is 10.7. The number of nitrogens with zero attached hydrogens (tertiary/aromatic N) is 1. The van der Waals surface area contributed by atoms with Crippen molar-refractivity contribution in [3.63, 3.8) is 0 Å². The molecule has 0 aliphatic heterocycles. The van der Waals surface area contributed by atoms with Gasteiger partial charge in [0.15, 0.2) is 18.1 Å². The second-order valence-electron chi connectivity index (χ2n) is 4.66. The van der Waals surface area contributed by atoms with Crippen molar-refractivity contribution in [2.24, 2.45) is 0 Å². The Balaban J connectivity index is 0.00000484. The van der Waals surface area contributed by atoms with E-state index in [1.165, 1.54) is 14.2 Å². The molecule has 0 atom stereocenters. The number of rotatable bonds is 8. The van der Waals surface area contributed by atoms with Gasteiger partial charge in [-0.1, -0.05) is 0 Å². The minimum atomic E-state index is -0.242. The Morgan fingerprint density at radius 2 is 1.91 bits per heavy atom. The first-order valence-corrected chi connectivity index (χ1v) is 6.95. The van der Waals surface area contributed by atoms with Crippen LogP contribution in [-0.4, -0.2) is 64.7 Å². The highest BCUT2D eigenvalue weighted by molar-refractivity contribution is 5.94. The average Bonchev–Trinajstić information content (AvgIpc) is 2.56. The molecule has 0 spiro atoms. The third kappa shape index (κ3) is 6.33. The molecule has 1 rings (SSSR count). The lowest BCUT2D eigenvalue weighted by molar-refractivity contribution is -0.122. The molecule has 2 amide bonds. The maximum Gasteiger partial charge on any atom is 0.257 e. The fraction of sp³-hybridized carbons (Fsp3) is 0.467. The van der Waals surface area contributed by atoms with Crippen LogP contribution in [0.1, 0.15) is 10.4 Å². The van der Waals surface area contributed by atoms with Crippen LogP contribution in [-0.2, 0) is 4.79 Å². The van der Waals surface area contributed by atoms with Crippen LogP contribution in [0.5, 0.6) is 11.5 Å². The Morgan fingerprint density at radius 3 is 2.48 bits per heavy atom. The smallest absolute Gasteiger partial charge is 0.257 e. The van der Waals surface area contributed by atoms with Crippen LogP contribution in [0.25, 0.3) is 0 Å². The summed E-state index contributed by atoms with van der Waals surface area (Å²) in [5.41, 5.74) is 0.503. The molecule has 130 valence electrons. The normalized spacial score (nSPS) is 9.57. The number of halogens is 1. The molecule has 0 unspecified atom stereocenters. The van der Waals surface area contributed by atoms with Gasteiger partial charge in [-0.25, -0.2) is 0 Å². The zero-order valence-corrected chi connectivity index (χ0v) is 14.7. The Morgan fingerprint density at radius 1 is 1.22 bits per heavy atom. The summed E-state index contributed by atoms with van der Waals surface area (Å²) in [6.45, 7) is 1.21. The highest BCUT2D eigenvalue weighted by Crippen LogP contribution is 2.28. The number of carbonyl (C=O) groups excluding carboxylic acids is 2. The van der Waals surface area contributed by atoms with Crippen molar-refractivity contribution >= 4 is 24.2 Å². The van der Waals surface area contributed by atoms with Crippen LogP contribution >= 0.6 is 12.4 Å². The van der Waals surface area contributed by atoms with Crippen LogP contribution in [0.4, 0.5) is 0 Å². The first kappa shape index (κ1) is 21.0. The third-order valence-electron chi connectivity index (χ3n) is 3.09. The third-order valence-corrected chi connectivity index (χ3v) is 3.09. The number of carbonyl (C=O) groups is 2. The molecule has 0 saturated heterocycles. The number of nitrogens with one attached hydrogen (secondary N) is 2. The number of benzene rings is 1. The van der Waals surface area contributed by atoms with Crippen molar-refractivity contribution in [1.82, 2.24) is 15.5 Å². The molecule has 1 aromatic rings. The maximum absolute atomic E-state index is 12.3. The number of hydrogen-bond donors (Lipinski definition) is 2. The number of methoxy groups -OCH3 is 1. The predicted octanol–water partition coefficient (Wildman–Crippen LogP) is 0.533. The van der Waals surface area contributed by atoms with Crippen LogP contribution in [0.3, 0.4) is 0 Å². The van der Waals surface area contributed by atoms with Gasteiger partial charge < -0.3 is 25.0 Å². The molecule has 0 aromatic heterocycles. The van der Waals surface area contributed by atoms with Gasteiger partial charge in [0.25, 0.3) is 11.8 Å². The summed E-state index contributed by atoms with van der Waals surface area (Å²) in [6.07, 6.45) is 0. The van der Waals surface area contributed by atoms with Crippen molar-refractivity contribution < 1.29 is 19.1 Å². The molecular weight excluding hydrogens is 322 g/mol. The molecular formula is C15H24ClN3O4. The average molecular weight is 346 g/mol. The van der Waals surface area contributed by atoms with E-state index in [4.69, 9.17) is 9.47 Å². The SMILES string of the molecule is CNCCN(C)C(=O)c1ccc(OCC(=O)NC)c(OC)c1.Cl. The van der Waals surface area contributed by atoms with Gasteiger partial charge in [0, 0.05) is 32.7 Å². The van der Waals surface area contributed by atoms with Crippen LogP contribution in [0.15, 0.2) is 18.2 Å². The Kier molecular flexibility index (Phi) is 9.76. The van der Waals surface area contributed by atoms with Gasteiger partial charge >= 0.3 is 0 Å². The fourth-order valence-corrected chi connectivity index (χ4v) is 1.74. The van der Waals surface area contributed by atoms with E-state index in [1.54, 1.807) is 30.1 Å². The number of amides is 2. The first-order valence-electron chi connectivity index (χ1n) is 6.95. The molecule has 0 fully saturated rings. The second-order valence-corrected chi connectivity index (χ2v) is 4.66. The standard InChI is InChI=1S/C15H23N3O4.ClH/c1-16-7-8-18(3)15(20)11-5-6-12(13(9-11)21-4)22-10-14(19)17-2;/h5-6,9,16H,7-8,10H2,1-4H3,(H,17,19);1H. The Bertz CT molecular complexity index is 525. The molecule has 8 heteroatoms. The molecule has 0 aliphatic rings. The molecule has 2 N–H and O–H groups in total. The first-order chi connectivity index (χ1) is 10.5. The van der Waals surface area contributed by atoms with Crippen molar-refractivity contribution in [2.75, 3.05) is 47.9 Å². The van der Waals surface area contributed by atoms with Gasteiger partial charge in [-0.3, -0.25) is 9.59 Å². The van der Waals surface area contributed by atoms with Gasteiger partial charge in [-0.05, 0) is 25.2 Å². The Labute approximate surface area is 142 Å². The number of hydrogen-bond acceptors (Lipinski definition) is 5. The van der Waals surface area contributed by atoms with E-state index in [-0.39, 0.29) is 30.8 Å². The summed E-state index contributed by atoms with van der Waals surface area (Å²) in [7, 11) is 6.59. The Hall–Kier alpha value is -1.99. The van der Waals surface area contributed by atoms with Crippen LogP contribution in [0, 0.1) is 0 Å².